The minimum absolute atomic E-state index is 0.508. The van der Waals surface area contributed by atoms with Crippen LogP contribution in [0.15, 0.2) is 205 Å². The number of aromatic nitrogens is 7. The predicted octanol–water partition coefficient (Wildman–Crippen LogP) is 13.1. The monoisotopic (exact) mass is 795 g/mol. The Labute approximate surface area is 355 Å². The lowest BCUT2D eigenvalue weighted by atomic mass is 10.0. The smallest absolute Gasteiger partial charge is 0.238 e. The predicted molar refractivity (Wildman–Crippen MR) is 247 cm³/mol. The van der Waals surface area contributed by atoms with E-state index in [2.05, 4.69) is 89.5 Å². The molecule has 8 nitrogen and oxygen atoms in total. The molecule has 0 spiro atoms. The largest absolute Gasteiger partial charge is 0.455 e. The van der Waals surface area contributed by atoms with Crippen molar-refractivity contribution >= 4 is 43.7 Å². The fourth-order valence-electron chi connectivity index (χ4n) is 8.35. The molecule has 0 amide bonds. The van der Waals surface area contributed by atoms with Gasteiger partial charge < -0.3 is 4.42 Å². The Balaban J connectivity index is 1.01. The van der Waals surface area contributed by atoms with Gasteiger partial charge in [-0.3, -0.25) is 4.57 Å². The molecule has 0 saturated carbocycles. The molecule has 0 bridgehead atoms. The highest BCUT2D eigenvalue weighted by atomic mass is 16.3. The highest BCUT2D eigenvalue weighted by molar-refractivity contribution is 6.11. The molecule has 12 aromatic rings. The van der Waals surface area contributed by atoms with E-state index in [1.54, 1.807) is 0 Å². The van der Waals surface area contributed by atoms with Crippen molar-refractivity contribution < 1.29 is 4.42 Å². The van der Waals surface area contributed by atoms with Gasteiger partial charge in [-0.1, -0.05) is 164 Å². The Bertz CT molecular complexity index is 3570. The molecule has 0 aliphatic rings. The second-order valence-electron chi connectivity index (χ2n) is 15.1. The molecule has 0 fully saturated rings. The van der Waals surface area contributed by atoms with E-state index in [9.17, 15) is 0 Å². The van der Waals surface area contributed by atoms with E-state index in [-0.39, 0.29) is 0 Å². The minimum Gasteiger partial charge on any atom is -0.455 e. The van der Waals surface area contributed by atoms with Gasteiger partial charge in [0.05, 0.1) is 16.6 Å². The second-order valence-corrected chi connectivity index (χ2v) is 15.1. The van der Waals surface area contributed by atoms with Gasteiger partial charge in [-0.25, -0.2) is 19.9 Å². The lowest BCUT2D eigenvalue weighted by Crippen LogP contribution is -2.06. The van der Waals surface area contributed by atoms with Crippen molar-refractivity contribution in [1.29, 1.82) is 0 Å². The van der Waals surface area contributed by atoms with Gasteiger partial charge in [0, 0.05) is 43.8 Å². The molecule has 4 heterocycles. The van der Waals surface area contributed by atoms with Crippen LogP contribution in [0.2, 0.25) is 0 Å². The van der Waals surface area contributed by atoms with E-state index in [1.165, 1.54) is 0 Å². The second kappa shape index (κ2) is 14.6. The SMILES string of the molecule is c1ccc(-c2ccc(-c3nc(-c4ccccc4)nc(-c4ccc5oc6c(-c7nc(-c8ccccc8)nc(-n8c9ccccc9c9ccccc98)n7)cccc6c5c4)n3)cc2)cc1. The van der Waals surface area contributed by atoms with Crippen LogP contribution in [0.1, 0.15) is 0 Å². The highest BCUT2D eigenvalue weighted by Gasteiger charge is 2.21. The van der Waals surface area contributed by atoms with Gasteiger partial charge in [0.25, 0.3) is 0 Å². The maximum atomic E-state index is 6.72. The zero-order chi connectivity index (χ0) is 41.0. The summed E-state index contributed by atoms with van der Waals surface area (Å²) in [6, 6.07) is 67.7. The Hall–Kier alpha value is -8.62. The molecule has 0 radical (unpaired) electrons. The lowest BCUT2D eigenvalue weighted by Gasteiger charge is -2.11. The van der Waals surface area contributed by atoms with Crippen molar-refractivity contribution in [3.8, 4) is 74.0 Å². The van der Waals surface area contributed by atoms with Crippen molar-refractivity contribution in [2.45, 2.75) is 0 Å². The third-order valence-corrected chi connectivity index (χ3v) is 11.3. The zero-order valence-corrected chi connectivity index (χ0v) is 33.1. The van der Waals surface area contributed by atoms with Gasteiger partial charge in [-0.05, 0) is 47.5 Å². The maximum absolute atomic E-state index is 6.72. The van der Waals surface area contributed by atoms with Crippen LogP contribution in [-0.4, -0.2) is 34.5 Å². The number of fused-ring (bicyclic) bond motifs is 6. The number of furan rings is 1. The summed E-state index contributed by atoms with van der Waals surface area (Å²) in [6.45, 7) is 0. The molecular weight excluding hydrogens is 763 g/mol. The first-order valence-electron chi connectivity index (χ1n) is 20.5. The molecule has 0 aliphatic carbocycles. The molecule has 62 heavy (non-hydrogen) atoms. The molecule has 0 atom stereocenters. The van der Waals surface area contributed by atoms with E-state index in [0.29, 0.717) is 40.7 Å². The summed E-state index contributed by atoms with van der Waals surface area (Å²) in [7, 11) is 0. The summed E-state index contributed by atoms with van der Waals surface area (Å²) in [6.07, 6.45) is 0. The van der Waals surface area contributed by atoms with E-state index in [1.807, 2.05) is 115 Å². The Kier molecular flexibility index (Phi) is 8.31. The highest BCUT2D eigenvalue weighted by Crippen LogP contribution is 2.38. The molecule has 4 aromatic heterocycles. The van der Waals surface area contributed by atoms with Crippen LogP contribution < -0.4 is 0 Å². The Morgan fingerprint density at radius 2 is 0.742 bits per heavy atom. The molecule has 0 N–H and O–H groups in total. The average molecular weight is 796 g/mol. The molecule has 0 unspecified atom stereocenters. The molecule has 0 saturated heterocycles. The summed E-state index contributed by atoms with van der Waals surface area (Å²) in [5, 5.41) is 4.11. The fourth-order valence-corrected chi connectivity index (χ4v) is 8.35. The van der Waals surface area contributed by atoms with E-state index in [0.717, 1.165) is 77.1 Å². The van der Waals surface area contributed by atoms with Gasteiger partial charge in [-0.2, -0.15) is 9.97 Å². The number of hydrogen-bond acceptors (Lipinski definition) is 7. The van der Waals surface area contributed by atoms with E-state index < -0.39 is 0 Å². The zero-order valence-electron chi connectivity index (χ0n) is 33.1. The molecule has 290 valence electrons. The van der Waals surface area contributed by atoms with Crippen LogP contribution in [0.3, 0.4) is 0 Å². The van der Waals surface area contributed by atoms with Crippen LogP contribution in [0, 0.1) is 0 Å². The molecule has 8 heteroatoms. The van der Waals surface area contributed by atoms with E-state index in [4.69, 9.17) is 34.3 Å². The van der Waals surface area contributed by atoms with Gasteiger partial charge in [0.1, 0.15) is 11.2 Å². The first-order chi connectivity index (χ1) is 30.7. The van der Waals surface area contributed by atoms with Gasteiger partial charge in [0.15, 0.2) is 29.1 Å². The Morgan fingerprint density at radius 3 is 1.37 bits per heavy atom. The summed E-state index contributed by atoms with van der Waals surface area (Å²) >= 11 is 0. The van der Waals surface area contributed by atoms with Crippen LogP contribution in [0.5, 0.6) is 0 Å². The number of hydrogen-bond donors (Lipinski definition) is 0. The topological polar surface area (TPSA) is 95.4 Å². The summed E-state index contributed by atoms with van der Waals surface area (Å²) in [5.41, 5.74) is 10.0. The standard InChI is InChI=1S/C54H33N7O/c1-4-15-34(16-5-1)35-27-29-38(30-28-35)50-55-49(36-17-6-2-7-18-36)56-52(57-50)39-31-32-47-44(33-39)42-23-14-24-43(48(42)62-47)53-58-51(37-19-8-3-9-20-37)59-54(60-53)61-45-25-12-10-21-40(45)41-22-11-13-26-46(41)61/h1-33H. The van der Waals surface area contributed by atoms with Gasteiger partial charge in [-0.15, -0.1) is 0 Å². The van der Waals surface area contributed by atoms with Crippen LogP contribution in [0.4, 0.5) is 0 Å². The Morgan fingerprint density at radius 1 is 0.306 bits per heavy atom. The van der Waals surface area contributed by atoms with Crippen molar-refractivity contribution in [3.63, 3.8) is 0 Å². The summed E-state index contributed by atoms with van der Waals surface area (Å²) in [4.78, 5) is 30.5. The van der Waals surface area contributed by atoms with Crippen LogP contribution in [-0.2, 0) is 0 Å². The minimum atomic E-state index is 0.508. The van der Waals surface area contributed by atoms with Crippen molar-refractivity contribution in [2.75, 3.05) is 0 Å². The molecular formula is C54H33N7O. The van der Waals surface area contributed by atoms with Crippen molar-refractivity contribution in [3.05, 3.63) is 200 Å². The maximum Gasteiger partial charge on any atom is 0.238 e. The third-order valence-electron chi connectivity index (χ3n) is 11.3. The number of rotatable bonds is 7. The van der Waals surface area contributed by atoms with Crippen LogP contribution in [0.25, 0.3) is 118 Å². The van der Waals surface area contributed by atoms with Crippen molar-refractivity contribution in [1.82, 2.24) is 34.5 Å². The van der Waals surface area contributed by atoms with E-state index >= 15 is 0 Å². The lowest BCUT2D eigenvalue weighted by molar-refractivity contribution is 0.669. The van der Waals surface area contributed by atoms with Crippen LogP contribution >= 0.6 is 0 Å². The number of para-hydroxylation sites is 3. The molecule has 12 rings (SSSR count). The molecule has 0 aliphatic heterocycles. The van der Waals surface area contributed by atoms with Gasteiger partial charge in [0.2, 0.25) is 5.95 Å². The normalized spacial score (nSPS) is 11.5. The first kappa shape index (κ1) is 35.3. The number of nitrogens with zero attached hydrogens (tertiary/aromatic N) is 7. The quantitative estimate of drug-likeness (QED) is 0.158. The average Bonchev–Trinajstić information content (AvgIpc) is 3.90. The van der Waals surface area contributed by atoms with Gasteiger partial charge >= 0.3 is 0 Å². The summed E-state index contributed by atoms with van der Waals surface area (Å²) in [5.74, 6) is 3.35. The molecule has 8 aromatic carbocycles. The van der Waals surface area contributed by atoms with Crippen molar-refractivity contribution in [2.24, 2.45) is 0 Å². The third kappa shape index (κ3) is 6.09. The first-order valence-corrected chi connectivity index (χ1v) is 20.5. The fraction of sp³-hybridized carbons (Fsp3) is 0. The summed E-state index contributed by atoms with van der Waals surface area (Å²) < 4.78 is 8.84. The number of benzene rings is 8.